The molecular weight excluding hydrogens is 210 g/mol. The van der Waals surface area contributed by atoms with Crippen LogP contribution in [-0.4, -0.2) is 23.7 Å². The first kappa shape index (κ1) is 10.9. The second-order valence-electron chi connectivity index (χ2n) is 4.08. The minimum Gasteiger partial charge on any atom is -0.490 e. The van der Waals surface area contributed by atoms with Crippen LogP contribution in [0.3, 0.4) is 0 Å². The molecule has 1 aliphatic carbocycles. The number of rotatable bonds is 4. The number of nitrogens with zero attached hydrogens (tertiary/aromatic N) is 1. The van der Waals surface area contributed by atoms with Gasteiger partial charge in [-0.3, -0.25) is 10.1 Å². The van der Waals surface area contributed by atoms with Gasteiger partial charge >= 0.3 is 5.69 Å². The van der Waals surface area contributed by atoms with Crippen LogP contribution in [0.15, 0.2) is 18.2 Å². The molecule has 0 unspecified atom stereocenters. The highest BCUT2D eigenvalue weighted by molar-refractivity contribution is 5.51. The topological polar surface area (TPSA) is 72.6 Å². The molecule has 0 saturated heterocycles. The van der Waals surface area contributed by atoms with E-state index in [0.29, 0.717) is 0 Å². The second-order valence-corrected chi connectivity index (χ2v) is 4.08. The maximum atomic E-state index is 10.7. The number of aliphatic hydroxyl groups excluding tert-OH is 1. The van der Waals surface area contributed by atoms with Crippen LogP contribution >= 0.6 is 0 Å². The lowest BCUT2D eigenvalue weighted by Gasteiger charge is -2.13. The molecule has 5 heteroatoms. The molecule has 1 aliphatic rings. The van der Waals surface area contributed by atoms with Crippen molar-refractivity contribution in [1.82, 2.24) is 0 Å². The second kappa shape index (κ2) is 3.75. The van der Waals surface area contributed by atoms with Crippen LogP contribution < -0.4 is 4.74 Å². The van der Waals surface area contributed by atoms with Gasteiger partial charge in [-0.2, -0.15) is 0 Å². The van der Waals surface area contributed by atoms with E-state index in [1.54, 1.807) is 12.1 Å². The van der Waals surface area contributed by atoms with Gasteiger partial charge in [-0.05, 0) is 24.5 Å². The number of benzene rings is 1. The van der Waals surface area contributed by atoms with Gasteiger partial charge in [0.15, 0.2) is 5.75 Å². The molecule has 0 radical (unpaired) electrons. The van der Waals surface area contributed by atoms with Gasteiger partial charge in [0.2, 0.25) is 0 Å². The van der Waals surface area contributed by atoms with E-state index < -0.39 is 4.92 Å². The average molecular weight is 223 g/mol. The Labute approximate surface area is 92.8 Å². The number of methoxy groups -OCH3 is 1. The first-order valence-corrected chi connectivity index (χ1v) is 5.07. The van der Waals surface area contributed by atoms with E-state index in [9.17, 15) is 15.2 Å². The molecule has 0 spiro atoms. The number of hydrogen-bond donors (Lipinski definition) is 1. The maximum Gasteiger partial charge on any atom is 0.310 e. The van der Waals surface area contributed by atoms with Crippen molar-refractivity contribution >= 4 is 5.69 Å². The predicted octanol–water partition coefficient (Wildman–Crippen LogP) is 1.63. The van der Waals surface area contributed by atoms with Gasteiger partial charge < -0.3 is 9.84 Å². The highest BCUT2D eigenvalue weighted by Crippen LogP contribution is 2.49. The molecular formula is C11H13NO4. The fraction of sp³-hybridized carbons (Fsp3) is 0.455. The van der Waals surface area contributed by atoms with Gasteiger partial charge in [0.25, 0.3) is 0 Å². The van der Waals surface area contributed by atoms with Crippen molar-refractivity contribution in [3.05, 3.63) is 33.9 Å². The number of nitro groups is 1. The van der Waals surface area contributed by atoms with Crippen molar-refractivity contribution in [1.29, 1.82) is 0 Å². The number of hydrogen-bond acceptors (Lipinski definition) is 4. The Kier molecular flexibility index (Phi) is 2.55. The summed E-state index contributed by atoms with van der Waals surface area (Å²) in [7, 11) is 1.41. The van der Waals surface area contributed by atoms with Gasteiger partial charge in [0.05, 0.1) is 18.6 Å². The van der Waals surface area contributed by atoms with Crippen molar-refractivity contribution in [3.63, 3.8) is 0 Å². The molecule has 1 fully saturated rings. The Balaban J connectivity index is 2.41. The maximum absolute atomic E-state index is 10.7. The van der Waals surface area contributed by atoms with Gasteiger partial charge in [0, 0.05) is 11.5 Å². The van der Waals surface area contributed by atoms with Crippen molar-refractivity contribution in [3.8, 4) is 5.75 Å². The number of nitro benzene ring substituents is 1. The highest BCUT2D eigenvalue weighted by Gasteiger charge is 2.44. The van der Waals surface area contributed by atoms with Crippen LogP contribution in [0.25, 0.3) is 0 Å². The summed E-state index contributed by atoms with van der Waals surface area (Å²) >= 11 is 0. The third kappa shape index (κ3) is 1.63. The molecule has 1 aromatic carbocycles. The molecule has 0 atom stereocenters. The summed E-state index contributed by atoms with van der Waals surface area (Å²) in [6.45, 7) is 0.0773. The third-order valence-electron chi connectivity index (χ3n) is 3.15. The molecule has 1 saturated carbocycles. The lowest BCUT2D eigenvalue weighted by Crippen LogP contribution is -2.12. The minimum atomic E-state index is -0.471. The normalized spacial score (nSPS) is 16.9. The summed E-state index contributed by atoms with van der Waals surface area (Å²) in [5, 5.41) is 20.0. The zero-order valence-corrected chi connectivity index (χ0v) is 8.97. The largest absolute Gasteiger partial charge is 0.490 e. The van der Waals surface area contributed by atoms with Crippen molar-refractivity contribution < 1.29 is 14.8 Å². The number of ether oxygens (including phenoxy) is 1. The Morgan fingerprint density at radius 1 is 1.56 bits per heavy atom. The summed E-state index contributed by atoms with van der Waals surface area (Å²) in [5.41, 5.74) is 0.681. The molecule has 86 valence electrons. The smallest absolute Gasteiger partial charge is 0.310 e. The Morgan fingerprint density at radius 3 is 2.69 bits per heavy atom. The van der Waals surface area contributed by atoms with Crippen molar-refractivity contribution in [2.24, 2.45) is 0 Å². The van der Waals surface area contributed by atoms with E-state index in [-0.39, 0.29) is 23.5 Å². The standard InChI is InChI=1S/C11H13NO4/c1-16-10-6-8(11(7-13)4-5-11)2-3-9(10)12(14)15/h2-3,6,13H,4-5,7H2,1H3. The fourth-order valence-corrected chi connectivity index (χ4v) is 1.85. The molecule has 0 aromatic heterocycles. The molecule has 0 bridgehead atoms. The lowest BCUT2D eigenvalue weighted by molar-refractivity contribution is -0.385. The Hall–Kier alpha value is -1.62. The first-order chi connectivity index (χ1) is 7.63. The monoisotopic (exact) mass is 223 g/mol. The van der Waals surface area contributed by atoms with E-state index >= 15 is 0 Å². The average Bonchev–Trinajstić information content (AvgIpc) is 3.09. The van der Waals surface area contributed by atoms with Crippen molar-refractivity contribution in [2.45, 2.75) is 18.3 Å². The molecule has 2 rings (SSSR count). The fourth-order valence-electron chi connectivity index (χ4n) is 1.85. The molecule has 0 aliphatic heterocycles. The zero-order valence-electron chi connectivity index (χ0n) is 8.97. The Bertz CT molecular complexity index is 426. The molecule has 5 nitrogen and oxygen atoms in total. The van der Waals surface area contributed by atoms with Gasteiger partial charge in [-0.15, -0.1) is 0 Å². The van der Waals surface area contributed by atoms with E-state index in [2.05, 4.69) is 0 Å². The van der Waals surface area contributed by atoms with Gasteiger partial charge in [-0.1, -0.05) is 6.07 Å². The zero-order chi connectivity index (χ0) is 11.8. The van der Waals surface area contributed by atoms with Gasteiger partial charge in [0.1, 0.15) is 0 Å². The summed E-state index contributed by atoms with van der Waals surface area (Å²) in [4.78, 5) is 10.2. The first-order valence-electron chi connectivity index (χ1n) is 5.07. The van der Waals surface area contributed by atoms with E-state index in [1.807, 2.05) is 0 Å². The van der Waals surface area contributed by atoms with Crippen molar-refractivity contribution in [2.75, 3.05) is 13.7 Å². The predicted molar refractivity (Wildman–Crippen MR) is 57.6 cm³/mol. The third-order valence-corrected chi connectivity index (χ3v) is 3.15. The summed E-state index contributed by atoms with van der Waals surface area (Å²) in [6, 6.07) is 4.79. The summed E-state index contributed by atoms with van der Waals surface area (Å²) in [5.74, 6) is 0.252. The SMILES string of the molecule is COc1cc(C2(CO)CC2)ccc1[N+](=O)[O-]. The van der Waals surface area contributed by atoms with Crippen LogP contribution in [-0.2, 0) is 5.41 Å². The molecule has 1 N–H and O–H groups in total. The van der Waals surface area contributed by atoms with Crippen LogP contribution in [0, 0.1) is 10.1 Å². The van der Waals surface area contributed by atoms with Crippen LogP contribution in [0.4, 0.5) is 5.69 Å². The van der Waals surface area contributed by atoms with Crippen LogP contribution in [0.5, 0.6) is 5.75 Å². The minimum absolute atomic E-state index is 0.0417. The van der Waals surface area contributed by atoms with Crippen LogP contribution in [0.1, 0.15) is 18.4 Å². The number of aliphatic hydroxyl groups is 1. The lowest BCUT2D eigenvalue weighted by atomic mass is 9.96. The van der Waals surface area contributed by atoms with Gasteiger partial charge in [-0.25, -0.2) is 0 Å². The summed E-state index contributed by atoms with van der Waals surface area (Å²) in [6.07, 6.45) is 1.84. The molecule has 16 heavy (non-hydrogen) atoms. The highest BCUT2D eigenvalue weighted by atomic mass is 16.6. The van der Waals surface area contributed by atoms with E-state index in [0.717, 1.165) is 18.4 Å². The van der Waals surface area contributed by atoms with Crippen LogP contribution in [0.2, 0.25) is 0 Å². The van der Waals surface area contributed by atoms with E-state index in [1.165, 1.54) is 13.2 Å². The quantitative estimate of drug-likeness (QED) is 0.622. The molecule has 0 heterocycles. The van der Waals surface area contributed by atoms with E-state index in [4.69, 9.17) is 4.74 Å². The molecule has 1 aromatic rings. The molecule has 0 amide bonds. The Morgan fingerprint density at radius 2 is 2.25 bits per heavy atom. The summed E-state index contributed by atoms with van der Waals surface area (Å²) < 4.78 is 4.99.